The summed E-state index contributed by atoms with van der Waals surface area (Å²) >= 11 is 0. The monoisotopic (exact) mass is 318 g/mol. The van der Waals surface area contributed by atoms with E-state index in [0.717, 1.165) is 23.8 Å². The van der Waals surface area contributed by atoms with E-state index in [0.29, 0.717) is 26.1 Å². The van der Waals surface area contributed by atoms with Gasteiger partial charge in [0.2, 0.25) is 5.91 Å². The molecule has 1 amide bonds. The molecule has 1 aliphatic heterocycles. The molecule has 23 heavy (non-hydrogen) atoms. The molecule has 0 saturated carbocycles. The number of hydrogen-bond donors (Lipinski definition) is 0. The van der Waals surface area contributed by atoms with Crippen molar-refractivity contribution in [2.75, 3.05) is 6.54 Å². The van der Waals surface area contributed by atoms with Gasteiger partial charge in [-0.05, 0) is 32.4 Å². The Balaban J connectivity index is 1.74. The lowest BCUT2D eigenvalue weighted by atomic mass is 9.97. The molecular formula is C16H22N4O3. The van der Waals surface area contributed by atoms with E-state index in [-0.39, 0.29) is 17.5 Å². The van der Waals surface area contributed by atoms with Crippen LogP contribution >= 0.6 is 0 Å². The average Bonchev–Trinajstić information content (AvgIpc) is 3.08. The minimum absolute atomic E-state index is 0.0722. The van der Waals surface area contributed by atoms with Crippen molar-refractivity contribution in [3.8, 4) is 0 Å². The van der Waals surface area contributed by atoms with E-state index in [1.54, 1.807) is 16.5 Å². The summed E-state index contributed by atoms with van der Waals surface area (Å²) in [5, 5.41) is 4.21. The molecule has 3 heterocycles. The van der Waals surface area contributed by atoms with E-state index in [2.05, 4.69) is 5.10 Å². The normalized spacial score (nSPS) is 17.1. The van der Waals surface area contributed by atoms with Gasteiger partial charge in [0.15, 0.2) is 0 Å². The van der Waals surface area contributed by atoms with E-state index in [9.17, 15) is 9.59 Å². The number of aromatic nitrogens is 3. The molecule has 1 aliphatic rings. The first-order chi connectivity index (χ1) is 11.0. The van der Waals surface area contributed by atoms with Crippen LogP contribution in [0.25, 0.3) is 0 Å². The molecule has 2 aromatic rings. The number of carbonyl (C=O) groups excluding carboxylic acids is 1. The van der Waals surface area contributed by atoms with Crippen molar-refractivity contribution in [3.63, 3.8) is 0 Å². The molecule has 7 heteroatoms. The minimum Gasteiger partial charge on any atom is -0.464 e. The molecular weight excluding hydrogens is 296 g/mol. The lowest BCUT2D eigenvalue weighted by Gasteiger charge is -2.28. The Morgan fingerprint density at radius 2 is 2.26 bits per heavy atom. The zero-order valence-corrected chi connectivity index (χ0v) is 13.8. The number of carbonyl (C=O) groups is 1. The van der Waals surface area contributed by atoms with E-state index < -0.39 is 0 Å². The maximum absolute atomic E-state index is 12.8. The molecule has 124 valence electrons. The van der Waals surface area contributed by atoms with Crippen LogP contribution in [-0.4, -0.2) is 31.7 Å². The van der Waals surface area contributed by atoms with Crippen LogP contribution in [-0.2, 0) is 31.4 Å². The van der Waals surface area contributed by atoms with Gasteiger partial charge in [0.1, 0.15) is 17.3 Å². The van der Waals surface area contributed by atoms with E-state index in [1.165, 1.54) is 4.68 Å². The van der Waals surface area contributed by atoms with Gasteiger partial charge in [0, 0.05) is 26.6 Å². The third-order valence-electron chi connectivity index (χ3n) is 4.39. The molecule has 0 aromatic carbocycles. The summed E-state index contributed by atoms with van der Waals surface area (Å²) in [6.07, 6.45) is 1.38. The Hall–Kier alpha value is -2.31. The van der Waals surface area contributed by atoms with E-state index in [4.69, 9.17) is 4.42 Å². The second-order valence-electron chi connectivity index (χ2n) is 6.03. The van der Waals surface area contributed by atoms with E-state index in [1.807, 2.05) is 26.0 Å². The molecule has 7 nitrogen and oxygen atoms in total. The number of furan rings is 1. The van der Waals surface area contributed by atoms with Crippen LogP contribution in [0.5, 0.6) is 0 Å². The fraction of sp³-hybridized carbons (Fsp3) is 0.562. The van der Waals surface area contributed by atoms with Gasteiger partial charge in [-0.25, -0.2) is 9.48 Å². The van der Waals surface area contributed by atoms with E-state index >= 15 is 0 Å². The zero-order chi connectivity index (χ0) is 16.6. The van der Waals surface area contributed by atoms with Gasteiger partial charge in [-0.3, -0.25) is 9.36 Å². The fourth-order valence-electron chi connectivity index (χ4n) is 3.10. The van der Waals surface area contributed by atoms with Gasteiger partial charge >= 0.3 is 5.69 Å². The maximum Gasteiger partial charge on any atom is 0.345 e. The second kappa shape index (κ2) is 6.06. The predicted octanol–water partition coefficient (Wildman–Crippen LogP) is 1.09. The molecule has 0 N–H and O–H groups in total. The van der Waals surface area contributed by atoms with Crippen molar-refractivity contribution in [2.45, 2.75) is 39.8 Å². The molecule has 0 saturated heterocycles. The Morgan fingerprint density at radius 3 is 2.91 bits per heavy atom. The largest absolute Gasteiger partial charge is 0.464 e. The van der Waals surface area contributed by atoms with Gasteiger partial charge in [0.25, 0.3) is 0 Å². The molecule has 0 fully saturated rings. The van der Waals surface area contributed by atoms with Gasteiger partial charge in [-0.15, -0.1) is 0 Å². The third kappa shape index (κ3) is 2.95. The van der Waals surface area contributed by atoms with Crippen molar-refractivity contribution in [1.29, 1.82) is 0 Å². The first-order valence-corrected chi connectivity index (χ1v) is 7.96. The number of fused-ring (bicyclic) bond motifs is 1. The summed E-state index contributed by atoms with van der Waals surface area (Å²) in [7, 11) is 1.64. The summed E-state index contributed by atoms with van der Waals surface area (Å²) in [5.41, 5.74) is -0.151. The van der Waals surface area contributed by atoms with Gasteiger partial charge in [-0.1, -0.05) is 0 Å². The third-order valence-corrected chi connectivity index (χ3v) is 4.39. The molecule has 3 rings (SSSR count). The zero-order valence-electron chi connectivity index (χ0n) is 13.8. The van der Waals surface area contributed by atoms with Crippen LogP contribution in [0.2, 0.25) is 0 Å². The fourth-order valence-corrected chi connectivity index (χ4v) is 3.10. The Kier molecular flexibility index (Phi) is 4.11. The molecule has 0 bridgehead atoms. The SMILES string of the molecule is CCN(Cc1ccc(C)o1)C(=O)[C@H]1CCc2nn(C)c(=O)n2C1. The minimum atomic E-state index is -0.180. The predicted molar refractivity (Wildman–Crippen MR) is 83.8 cm³/mol. The van der Waals surface area contributed by atoms with Crippen LogP contribution < -0.4 is 5.69 Å². The summed E-state index contributed by atoms with van der Waals surface area (Å²) in [6.45, 7) is 5.34. The van der Waals surface area contributed by atoms with Crippen LogP contribution in [0.15, 0.2) is 21.3 Å². The quantitative estimate of drug-likeness (QED) is 0.846. The highest BCUT2D eigenvalue weighted by Crippen LogP contribution is 2.20. The highest BCUT2D eigenvalue weighted by atomic mass is 16.3. The molecule has 0 aliphatic carbocycles. The highest BCUT2D eigenvalue weighted by molar-refractivity contribution is 5.78. The molecule has 0 unspecified atom stereocenters. The van der Waals surface area contributed by atoms with Crippen LogP contribution in [0.3, 0.4) is 0 Å². The van der Waals surface area contributed by atoms with Crippen LogP contribution in [0.1, 0.15) is 30.7 Å². The number of amides is 1. The number of aryl methyl sites for hydroxylation is 3. The van der Waals surface area contributed by atoms with Gasteiger partial charge < -0.3 is 9.32 Å². The molecule has 1 atom stereocenters. The lowest BCUT2D eigenvalue weighted by Crippen LogP contribution is -2.41. The van der Waals surface area contributed by atoms with Crippen molar-refractivity contribution < 1.29 is 9.21 Å². The Labute approximate surface area is 134 Å². The van der Waals surface area contributed by atoms with Gasteiger partial charge in [0.05, 0.1) is 12.5 Å². The topological polar surface area (TPSA) is 73.3 Å². The maximum atomic E-state index is 12.8. The Bertz CT molecular complexity index is 771. The first kappa shape index (κ1) is 15.6. The molecule has 0 spiro atoms. The van der Waals surface area contributed by atoms with Gasteiger partial charge in [-0.2, -0.15) is 5.10 Å². The number of nitrogens with zero attached hydrogens (tertiary/aromatic N) is 4. The van der Waals surface area contributed by atoms with Crippen molar-refractivity contribution in [3.05, 3.63) is 40.0 Å². The molecule has 0 radical (unpaired) electrons. The lowest BCUT2D eigenvalue weighted by molar-refractivity contribution is -0.137. The average molecular weight is 318 g/mol. The number of hydrogen-bond acceptors (Lipinski definition) is 4. The second-order valence-corrected chi connectivity index (χ2v) is 6.03. The van der Waals surface area contributed by atoms with Crippen molar-refractivity contribution >= 4 is 5.91 Å². The summed E-state index contributed by atoms with van der Waals surface area (Å²) in [6, 6.07) is 3.80. The smallest absolute Gasteiger partial charge is 0.345 e. The summed E-state index contributed by atoms with van der Waals surface area (Å²) < 4.78 is 8.53. The van der Waals surface area contributed by atoms with Crippen LogP contribution in [0.4, 0.5) is 0 Å². The number of rotatable bonds is 4. The molecule has 2 aromatic heterocycles. The first-order valence-electron chi connectivity index (χ1n) is 7.96. The summed E-state index contributed by atoms with van der Waals surface area (Å²) in [5.74, 6) is 2.29. The summed E-state index contributed by atoms with van der Waals surface area (Å²) in [4.78, 5) is 26.6. The van der Waals surface area contributed by atoms with Crippen molar-refractivity contribution in [2.24, 2.45) is 13.0 Å². The van der Waals surface area contributed by atoms with Crippen LogP contribution in [0, 0.1) is 12.8 Å². The van der Waals surface area contributed by atoms with Crippen molar-refractivity contribution in [1.82, 2.24) is 19.2 Å². The Morgan fingerprint density at radius 1 is 1.48 bits per heavy atom. The highest BCUT2D eigenvalue weighted by Gasteiger charge is 2.30. The standard InChI is InChI=1S/C16H22N4O3/c1-4-19(10-13-7-5-11(2)23-13)15(21)12-6-8-14-17-18(3)16(22)20(14)9-12/h5,7,12H,4,6,8-10H2,1-3H3/t12-/m0/s1.